The number of halogens is 1. The molecule has 4 heteroatoms. The van der Waals surface area contributed by atoms with E-state index in [-0.39, 0.29) is 6.04 Å². The molecular formula is C14H16ClN3. The van der Waals surface area contributed by atoms with Crippen molar-refractivity contribution >= 4 is 17.4 Å². The molecule has 1 aromatic heterocycles. The van der Waals surface area contributed by atoms with Crippen LogP contribution in [0.4, 0.5) is 5.82 Å². The van der Waals surface area contributed by atoms with E-state index in [0.717, 1.165) is 12.2 Å². The van der Waals surface area contributed by atoms with Gasteiger partial charge in [-0.15, -0.1) is 0 Å². The smallest absolute Gasteiger partial charge is 0.126 e. The molecule has 0 aliphatic carbocycles. The molecule has 0 aliphatic heterocycles. The fraction of sp³-hybridized carbons (Fsp3) is 0.214. The second-order valence-electron chi connectivity index (χ2n) is 4.13. The lowest BCUT2D eigenvalue weighted by molar-refractivity contribution is 0.720. The van der Waals surface area contributed by atoms with E-state index in [1.54, 1.807) is 6.20 Å². The molecule has 3 nitrogen and oxygen atoms in total. The summed E-state index contributed by atoms with van der Waals surface area (Å²) < 4.78 is 0. The van der Waals surface area contributed by atoms with E-state index in [2.05, 4.69) is 22.4 Å². The fourth-order valence-electron chi connectivity index (χ4n) is 1.76. The number of nitrogens with one attached hydrogen (secondary N) is 1. The van der Waals surface area contributed by atoms with E-state index < -0.39 is 0 Å². The Balaban J connectivity index is 1.99. The van der Waals surface area contributed by atoms with Gasteiger partial charge in [-0.05, 0) is 24.1 Å². The number of rotatable bonds is 5. The molecule has 0 saturated heterocycles. The molecule has 2 aromatic rings. The van der Waals surface area contributed by atoms with Crippen molar-refractivity contribution in [3.63, 3.8) is 0 Å². The Morgan fingerprint density at radius 2 is 1.94 bits per heavy atom. The number of anilines is 1. The molecule has 1 aromatic carbocycles. The lowest BCUT2D eigenvalue weighted by Gasteiger charge is -2.17. The van der Waals surface area contributed by atoms with E-state index in [9.17, 15) is 0 Å². The predicted octanol–water partition coefficient (Wildman–Crippen LogP) is 2.72. The highest BCUT2D eigenvalue weighted by atomic mass is 35.5. The van der Waals surface area contributed by atoms with E-state index >= 15 is 0 Å². The molecule has 1 atom stereocenters. The molecule has 0 spiro atoms. The summed E-state index contributed by atoms with van der Waals surface area (Å²) in [5.41, 5.74) is 7.04. The first-order valence-corrected chi connectivity index (χ1v) is 6.28. The first-order chi connectivity index (χ1) is 8.78. The summed E-state index contributed by atoms with van der Waals surface area (Å²) >= 11 is 5.80. The molecule has 0 fully saturated rings. The van der Waals surface area contributed by atoms with E-state index in [0.29, 0.717) is 11.6 Å². The number of nitrogens with two attached hydrogens (primary N) is 1. The minimum atomic E-state index is 0.168. The van der Waals surface area contributed by atoms with Gasteiger partial charge in [0, 0.05) is 18.8 Å². The summed E-state index contributed by atoms with van der Waals surface area (Å²) in [5, 5.41) is 3.94. The van der Waals surface area contributed by atoms with E-state index in [1.165, 1.54) is 5.56 Å². The monoisotopic (exact) mass is 261 g/mol. The lowest BCUT2D eigenvalue weighted by Crippen LogP contribution is -2.31. The van der Waals surface area contributed by atoms with Crippen LogP contribution in [0.2, 0.25) is 5.02 Å². The number of hydrogen-bond acceptors (Lipinski definition) is 3. The molecule has 0 aliphatic rings. The summed E-state index contributed by atoms with van der Waals surface area (Å²) in [4.78, 5) is 4.21. The van der Waals surface area contributed by atoms with Crippen molar-refractivity contribution in [1.29, 1.82) is 0 Å². The molecule has 0 radical (unpaired) electrons. The van der Waals surface area contributed by atoms with Gasteiger partial charge in [0.05, 0.1) is 5.02 Å². The highest BCUT2D eigenvalue weighted by molar-refractivity contribution is 6.30. The summed E-state index contributed by atoms with van der Waals surface area (Å²) in [5.74, 6) is 0.797. The largest absolute Gasteiger partial charge is 0.366 e. The van der Waals surface area contributed by atoms with Crippen LogP contribution in [0.3, 0.4) is 0 Å². The van der Waals surface area contributed by atoms with Gasteiger partial charge < -0.3 is 11.1 Å². The maximum Gasteiger partial charge on any atom is 0.126 e. The Bertz CT molecular complexity index is 470. The van der Waals surface area contributed by atoms with Gasteiger partial charge in [0.1, 0.15) is 5.82 Å². The van der Waals surface area contributed by atoms with Crippen LogP contribution in [-0.2, 0) is 6.42 Å². The molecule has 0 saturated carbocycles. The molecule has 1 unspecified atom stereocenters. The number of nitrogens with zero attached hydrogens (tertiary/aromatic N) is 1. The van der Waals surface area contributed by atoms with Crippen LogP contribution in [0.1, 0.15) is 5.56 Å². The summed E-state index contributed by atoms with van der Waals surface area (Å²) in [6.07, 6.45) is 2.50. The summed E-state index contributed by atoms with van der Waals surface area (Å²) in [6, 6.07) is 14.1. The van der Waals surface area contributed by atoms with Crippen LogP contribution in [0, 0.1) is 0 Å². The zero-order valence-electron chi connectivity index (χ0n) is 10.0. The first-order valence-electron chi connectivity index (χ1n) is 5.90. The normalized spacial score (nSPS) is 12.1. The number of aromatic nitrogens is 1. The molecule has 1 heterocycles. The molecular weight excluding hydrogens is 246 g/mol. The quantitative estimate of drug-likeness (QED) is 0.870. The minimum Gasteiger partial charge on any atom is -0.366 e. The lowest BCUT2D eigenvalue weighted by atomic mass is 10.1. The van der Waals surface area contributed by atoms with Crippen molar-refractivity contribution in [2.45, 2.75) is 12.5 Å². The Hall–Kier alpha value is -1.58. The Morgan fingerprint density at radius 3 is 2.56 bits per heavy atom. The van der Waals surface area contributed by atoms with Crippen LogP contribution in [0.5, 0.6) is 0 Å². The van der Waals surface area contributed by atoms with Crippen LogP contribution in [-0.4, -0.2) is 17.6 Å². The zero-order chi connectivity index (χ0) is 12.8. The van der Waals surface area contributed by atoms with Crippen molar-refractivity contribution in [2.24, 2.45) is 5.73 Å². The molecule has 0 bridgehead atoms. The molecule has 0 amide bonds. The van der Waals surface area contributed by atoms with Gasteiger partial charge in [-0.2, -0.15) is 0 Å². The molecule has 2 rings (SSSR count). The average Bonchev–Trinajstić information content (AvgIpc) is 2.41. The number of pyridine rings is 1. The van der Waals surface area contributed by atoms with Crippen molar-refractivity contribution in [1.82, 2.24) is 4.98 Å². The maximum atomic E-state index is 5.80. The van der Waals surface area contributed by atoms with Crippen LogP contribution in [0.15, 0.2) is 48.7 Å². The Kier molecular flexibility index (Phi) is 4.56. The minimum absolute atomic E-state index is 0.168. The highest BCUT2D eigenvalue weighted by Crippen LogP contribution is 2.12. The Labute approximate surface area is 112 Å². The third kappa shape index (κ3) is 3.72. The SMILES string of the molecule is NCC(Cc1ccccc1)Nc1ccc(Cl)cn1. The van der Waals surface area contributed by atoms with E-state index in [1.807, 2.05) is 30.3 Å². The Morgan fingerprint density at radius 1 is 1.17 bits per heavy atom. The third-order valence-electron chi connectivity index (χ3n) is 2.69. The van der Waals surface area contributed by atoms with Gasteiger partial charge in [-0.25, -0.2) is 4.98 Å². The first kappa shape index (κ1) is 12.9. The average molecular weight is 262 g/mol. The summed E-state index contributed by atoms with van der Waals surface area (Å²) in [7, 11) is 0. The fourth-order valence-corrected chi connectivity index (χ4v) is 1.87. The standard InChI is InChI=1S/C14H16ClN3/c15-12-6-7-14(17-10-12)18-13(9-16)8-11-4-2-1-3-5-11/h1-7,10,13H,8-9,16H2,(H,17,18). The van der Waals surface area contributed by atoms with Gasteiger partial charge in [-0.3, -0.25) is 0 Å². The maximum absolute atomic E-state index is 5.80. The number of hydrogen-bond donors (Lipinski definition) is 2. The topological polar surface area (TPSA) is 50.9 Å². The molecule has 94 valence electrons. The van der Waals surface area contributed by atoms with Gasteiger partial charge in [0.25, 0.3) is 0 Å². The summed E-state index contributed by atoms with van der Waals surface area (Å²) in [6.45, 7) is 0.555. The van der Waals surface area contributed by atoms with Gasteiger partial charge in [0.15, 0.2) is 0 Å². The molecule has 18 heavy (non-hydrogen) atoms. The van der Waals surface area contributed by atoms with Crippen molar-refractivity contribution in [2.75, 3.05) is 11.9 Å². The molecule has 3 N–H and O–H groups in total. The highest BCUT2D eigenvalue weighted by Gasteiger charge is 2.08. The zero-order valence-corrected chi connectivity index (χ0v) is 10.8. The van der Waals surface area contributed by atoms with Gasteiger partial charge in [0.2, 0.25) is 0 Å². The van der Waals surface area contributed by atoms with Crippen molar-refractivity contribution in [3.05, 3.63) is 59.2 Å². The van der Waals surface area contributed by atoms with Crippen molar-refractivity contribution < 1.29 is 0 Å². The van der Waals surface area contributed by atoms with Crippen molar-refractivity contribution in [3.8, 4) is 0 Å². The van der Waals surface area contributed by atoms with Crippen LogP contribution >= 0.6 is 11.6 Å². The third-order valence-corrected chi connectivity index (χ3v) is 2.91. The van der Waals surface area contributed by atoms with Crippen LogP contribution in [0.25, 0.3) is 0 Å². The second kappa shape index (κ2) is 6.38. The number of benzene rings is 1. The predicted molar refractivity (Wildman–Crippen MR) is 75.9 cm³/mol. The van der Waals surface area contributed by atoms with Crippen LogP contribution < -0.4 is 11.1 Å². The van der Waals surface area contributed by atoms with Gasteiger partial charge in [-0.1, -0.05) is 41.9 Å². The second-order valence-corrected chi connectivity index (χ2v) is 4.56. The van der Waals surface area contributed by atoms with E-state index in [4.69, 9.17) is 17.3 Å². The van der Waals surface area contributed by atoms with Gasteiger partial charge >= 0.3 is 0 Å².